The molecule has 5 heteroatoms. The molecule has 0 aliphatic carbocycles. The van der Waals surface area contributed by atoms with Gasteiger partial charge in [-0.2, -0.15) is 0 Å². The first-order valence-corrected chi connectivity index (χ1v) is 7.95. The lowest BCUT2D eigenvalue weighted by atomic mass is 10.0. The average molecular weight is 394 g/mol. The van der Waals surface area contributed by atoms with E-state index in [0.717, 1.165) is 44.1 Å². The van der Waals surface area contributed by atoms with Crippen molar-refractivity contribution in [1.82, 2.24) is 9.80 Å². The topological polar surface area (TPSA) is 44.9 Å². The number of aliphatic imine (C=N–C) groups is 1. The van der Waals surface area contributed by atoms with Crippen molar-refractivity contribution in [3.05, 3.63) is 0 Å². The van der Waals surface area contributed by atoms with Gasteiger partial charge in [0.1, 0.15) is 0 Å². The fourth-order valence-corrected chi connectivity index (χ4v) is 3.28. The molecule has 0 saturated carbocycles. The zero-order chi connectivity index (χ0) is 13.7. The van der Waals surface area contributed by atoms with Crippen LogP contribution < -0.4 is 5.73 Å². The number of likely N-dealkylation sites (tertiary alicyclic amines) is 2. The fraction of sp³-hybridized carbons (Fsp3) is 0.933. The summed E-state index contributed by atoms with van der Waals surface area (Å²) in [4.78, 5) is 9.40. The van der Waals surface area contributed by atoms with Crippen molar-refractivity contribution in [2.24, 2.45) is 16.6 Å². The van der Waals surface area contributed by atoms with Crippen LogP contribution in [0, 0.1) is 5.92 Å². The molecule has 2 aliphatic rings. The zero-order valence-corrected chi connectivity index (χ0v) is 15.4. The van der Waals surface area contributed by atoms with Crippen molar-refractivity contribution in [2.75, 3.05) is 32.7 Å². The summed E-state index contributed by atoms with van der Waals surface area (Å²) in [5.74, 6) is 1.51. The summed E-state index contributed by atoms with van der Waals surface area (Å²) < 4.78 is 0. The molecule has 2 unspecified atom stereocenters. The van der Waals surface area contributed by atoms with E-state index in [0.29, 0.717) is 0 Å². The van der Waals surface area contributed by atoms with Gasteiger partial charge in [-0.25, -0.2) is 0 Å². The molecule has 0 radical (unpaired) electrons. The first kappa shape index (κ1) is 18.0. The normalized spacial score (nSPS) is 29.1. The summed E-state index contributed by atoms with van der Waals surface area (Å²) in [7, 11) is 0. The minimum atomic E-state index is 0. The van der Waals surface area contributed by atoms with Gasteiger partial charge in [-0.3, -0.25) is 9.89 Å². The lowest BCUT2D eigenvalue weighted by Gasteiger charge is -2.33. The number of piperidine rings is 2. The zero-order valence-electron chi connectivity index (χ0n) is 13.1. The lowest BCUT2D eigenvalue weighted by Crippen LogP contribution is -2.44. The van der Waals surface area contributed by atoms with E-state index in [-0.39, 0.29) is 24.0 Å². The Hall–Kier alpha value is -0.0400. The number of hydrogen-bond donors (Lipinski definition) is 1. The summed E-state index contributed by atoms with van der Waals surface area (Å²) in [5, 5.41) is 0. The Morgan fingerprint density at radius 2 is 1.95 bits per heavy atom. The molecule has 0 aromatic rings. The maximum absolute atomic E-state index is 6.12. The fourth-order valence-electron chi connectivity index (χ4n) is 3.28. The van der Waals surface area contributed by atoms with Crippen LogP contribution in [0.2, 0.25) is 0 Å². The van der Waals surface area contributed by atoms with E-state index in [1.54, 1.807) is 0 Å². The number of halogens is 1. The second-order valence-corrected chi connectivity index (χ2v) is 6.31. The van der Waals surface area contributed by atoms with E-state index in [4.69, 9.17) is 5.73 Å². The van der Waals surface area contributed by atoms with Gasteiger partial charge in [0.05, 0.1) is 6.54 Å². The van der Waals surface area contributed by atoms with E-state index in [9.17, 15) is 0 Å². The molecule has 0 bridgehead atoms. The monoisotopic (exact) mass is 394 g/mol. The maximum Gasteiger partial charge on any atom is 0.191 e. The summed E-state index contributed by atoms with van der Waals surface area (Å²) in [6.07, 6.45) is 6.64. The van der Waals surface area contributed by atoms with Gasteiger partial charge in [-0.15, -0.1) is 24.0 Å². The molecule has 0 aromatic carbocycles. The number of hydrogen-bond acceptors (Lipinski definition) is 2. The molecule has 2 saturated heterocycles. The van der Waals surface area contributed by atoms with Crippen molar-refractivity contribution in [3.8, 4) is 0 Å². The van der Waals surface area contributed by atoms with Crippen LogP contribution in [0.3, 0.4) is 0 Å². The van der Waals surface area contributed by atoms with Crippen LogP contribution in [0.1, 0.15) is 46.0 Å². The molecular weight excluding hydrogens is 363 g/mol. The highest BCUT2D eigenvalue weighted by Gasteiger charge is 2.19. The van der Waals surface area contributed by atoms with Gasteiger partial charge in [0.25, 0.3) is 0 Å². The average Bonchev–Trinajstić information content (AvgIpc) is 2.41. The summed E-state index contributed by atoms with van der Waals surface area (Å²) in [6.45, 7) is 9.94. The molecule has 118 valence electrons. The lowest BCUT2D eigenvalue weighted by molar-refractivity contribution is 0.165. The predicted octanol–water partition coefficient (Wildman–Crippen LogP) is 2.53. The largest absolute Gasteiger partial charge is 0.370 e. The Bertz CT molecular complexity index is 308. The van der Waals surface area contributed by atoms with Gasteiger partial charge in [-0.05, 0) is 45.1 Å². The highest BCUT2D eigenvalue weighted by molar-refractivity contribution is 14.0. The second-order valence-electron chi connectivity index (χ2n) is 6.31. The molecule has 2 rings (SSSR count). The predicted molar refractivity (Wildman–Crippen MR) is 96.8 cm³/mol. The summed E-state index contributed by atoms with van der Waals surface area (Å²) >= 11 is 0. The quantitative estimate of drug-likeness (QED) is 0.455. The van der Waals surface area contributed by atoms with Crippen LogP contribution in [-0.2, 0) is 0 Å². The minimum absolute atomic E-state index is 0. The maximum atomic E-state index is 6.12. The van der Waals surface area contributed by atoms with Crippen molar-refractivity contribution >= 4 is 29.9 Å². The highest BCUT2D eigenvalue weighted by atomic mass is 127. The Morgan fingerprint density at radius 1 is 1.15 bits per heavy atom. The van der Waals surface area contributed by atoms with Gasteiger partial charge in [-0.1, -0.05) is 13.3 Å². The van der Waals surface area contributed by atoms with Crippen LogP contribution in [0.5, 0.6) is 0 Å². The summed E-state index contributed by atoms with van der Waals surface area (Å²) in [6, 6.07) is 0.722. The highest BCUT2D eigenvalue weighted by Crippen LogP contribution is 2.16. The van der Waals surface area contributed by atoms with E-state index in [1.807, 2.05) is 0 Å². The Balaban J connectivity index is 0.00000200. The molecule has 2 atom stereocenters. The van der Waals surface area contributed by atoms with E-state index < -0.39 is 0 Å². The van der Waals surface area contributed by atoms with E-state index in [2.05, 4.69) is 28.6 Å². The van der Waals surface area contributed by atoms with Gasteiger partial charge < -0.3 is 10.6 Å². The smallest absolute Gasteiger partial charge is 0.191 e. The third-order valence-electron chi connectivity index (χ3n) is 4.58. The first-order chi connectivity index (χ1) is 9.16. The molecule has 0 amide bonds. The molecule has 20 heavy (non-hydrogen) atoms. The van der Waals surface area contributed by atoms with Crippen LogP contribution in [0.4, 0.5) is 0 Å². The molecule has 4 nitrogen and oxygen atoms in total. The van der Waals surface area contributed by atoms with Crippen LogP contribution in [0.15, 0.2) is 4.99 Å². The Kier molecular flexibility index (Phi) is 8.17. The number of nitrogens with zero attached hydrogens (tertiary/aromatic N) is 3. The van der Waals surface area contributed by atoms with Gasteiger partial charge in [0.2, 0.25) is 0 Å². The Morgan fingerprint density at radius 3 is 2.65 bits per heavy atom. The minimum Gasteiger partial charge on any atom is -0.370 e. The molecule has 0 aromatic heterocycles. The van der Waals surface area contributed by atoms with Crippen molar-refractivity contribution in [2.45, 2.75) is 52.0 Å². The number of guanidine groups is 1. The van der Waals surface area contributed by atoms with Crippen molar-refractivity contribution in [3.63, 3.8) is 0 Å². The third kappa shape index (κ3) is 5.39. The van der Waals surface area contributed by atoms with E-state index >= 15 is 0 Å². The number of nitrogens with two attached hydrogens (primary N) is 1. The third-order valence-corrected chi connectivity index (χ3v) is 4.58. The number of rotatable bonds is 3. The van der Waals surface area contributed by atoms with Crippen molar-refractivity contribution in [1.29, 1.82) is 0 Å². The second kappa shape index (κ2) is 9.07. The molecule has 0 spiro atoms. The Labute approximate surface area is 141 Å². The van der Waals surface area contributed by atoms with Crippen molar-refractivity contribution < 1.29 is 0 Å². The van der Waals surface area contributed by atoms with Crippen LogP contribution in [0.25, 0.3) is 0 Å². The van der Waals surface area contributed by atoms with E-state index in [1.165, 1.54) is 38.6 Å². The van der Waals surface area contributed by atoms with Crippen LogP contribution in [-0.4, -0.2) is 54.5 Å². The molecule has 2 fully saturated rings. The van der Waals surface area contributed by atoms with Gasteiger partial charge in [0.15, 0.2) is 5.96 Å². The summed E-state index contributed by atoms with van der Waals surface area (Å²) in [5.41, 5.74) is 6.12. The van der Waals surface area contributed by atoms with Gasteiger partial charge in [0, 0.05) is 25.7 Å². The molecule has 2 N–H and O–H groups in total. The molecule has 2 aliphatic heterocycles. The molecular formula is C15H31IN4. The standard InChI is InChI=1S/C15H30N4.HI/c1-13-6-5-10-19(12-13)15(16)17-8-11-18-9-4-3-7-14(18)2;/h13-14H,3-12H2,1-2H3,(H2,16,17);1H. The molecule has 2 heterocycles. The van der Waals surface area contributed by atoms with Crippen LogP contribution >= 0.6 is 24.0 Å². The van der Waals surface area contributed by atoms with Gasteiger partial charge >= 0.3 is 0 Å². The first-order valence-electron chi connectivity index (χ1n) is 7.95. The SMILES string of the molecule is CC1CCCN(C(N)=NCCN2CCCCC2C)C1.I.